The molecule has 0 atom stereocenters. The number of rotatable bonds is 5. The van der Waals surface area contributed by atoms with Crippen molar-refractivity contribution in [3.63, 3.8) is 0 Å². The summed E-state index contributed by atoms with van der Waals surface area (Å²) in [7, 11) is 0. The zero-order chi connectivity index (χ0) is 18.0. The van der Waals surface area contributed by atoms with Crippen LogP contribution in [-0.4, -0.2) is 16.2 Å². The third kappa shape index (κ3) is 3.74. The van der Waals surface area contributed by atoms with Crippen LogP contribution in [0.1, 0.15) is 41.3 Å². The summed E-state index contributed by atoms with van der Waals surface area (Å²) >= 11 is 0. The highest BCUT2D eigenvalue weighted by Crippen LogP contribution is 2.26. The Labute approximate surface area is 146 Å². The quantitative estimate of drug-likeness (QED) is 0.615. The predicted molar refractivity (Wildman–Crippen MR) is 100 cm³/mol. The van der Waals surface area contributed by atoms with Crippen LogP contribution in [0, 0.1) is 0 Å². The zero-order valence-corrected chi connectivity index (χ0v) is 14.3. The Morgan fingerprint density at radius 1 is 1.00 bits per heavy atom. The van der Waals surface area contributed by atoms with Gasteiger partial charge in [0.25, 0.3) is 0 Å². The van der Waals surface area contributed by atoms with Crippen LogP contribution in [0.25, 0.3) is 10.8 Å². The van der Waals surface area contributed by atoms with Gasteiger partial charge in [-0.2, -0.15) is 0 Å². The van der Waals surface area contributed by atoms with E-state index >= 15 is 0 Å². The van der Waals surface area contributed by atoms with Crippen LogP contribution in [0.3, 0.4) is 0 Å². The number of carboxylic acids is 1. The third-order valence-electron chi connectivity index (χ3n) is 4.32. The Morgan fingerprint density at radius 3 is 2.36 bits per heavy atom. The summed E-state index contributed by atoms with van der Waals surface area (Å²) in [6, 6.07) is 17.2. The number of hydrogen-bond acceptors (Lipinski definition) is 3. The molecular formula is C21H21NO3. The molecule has 0 unspecified atom stereocenters. The molecule has 0 saturated heterocycles. The summed E-state index contributed by atoms with van der Waals surface area (Å²) < 4.78 is 0. The highest BCUT2D eigenvalue weighted by atomic mass is 16.4. The predicted octanol–water partition coefficient (Wildman–Crippen LogP) is 4.98. The van der Waals surface area contributed by atoms with Gasteiger partial charge in [-0.25, -0.2) is 4.79 Å². The van der Waals surface area contributed by atoms with E-state index in [1.165, 1.54) is 17.7 Å². The molecule has 4 nitrogen and oxygen atoms in total. The molecule has 0 aromatic heterocycles. The van der Waals surface area contributed by atoms with Gasteiger partial charge in [0.05, 0.1) is 0 Å². The number of hydrogen-bond donors (Lipinski definition) is 3. The second-order valence-corrected chi connectivity index (χ2v) is 6.49. The monoisotopic (exact) mass is 335 g/mol. The van der Waals surface area contributed by atoms with Gasteiger partial charge in [0.15, 0.2) is 0 Å². The van der Waals surface area contributed by atoms with Crippen LogP contribution < -0.4 is 5.32 Å². The maximum Gasteiger partial charge on any atom is 0.339 e. The fourth-order valence-corrected chi connectivity index (χ4v) is 2.81. The number of fused-ring (bicyclic) bond motifs is 1. The summed E-state index contributed by atoms with van der Waals surface area (Å²) in [5.41, 5.74) is 3.31. The molecule has 0 amide bonds. The van der Waals surface area contributed by atoms with Gasteiger partial charge >= 0.3 is 5.97 Å². The maximum atomic E-state index is 11.2. The molecule has 0 bridgehead atoms. The van der Waals surface area contributed by atoms with Crippen LogP contribution >= 0.6 is 0 Å². The molecule has 3 rings (SSSR count). The van der Waals surface area contributed by atoms with Gasteiger partial charge in [0.1, 0.15) is 11.3 Å². The molecule has 0 aliphatic rings. The van der Waals surface area contributed by atoms with Crippen molar-refractivity contribution in [2.24, 2.45) is 0 Å². The highest BCUT2D eigenvalue weighted by Gasteiger charge is 2.11. The molecule has 128 valence electrons. The molecule has 0 spiro atoms. The Morgan fingerprint density at radius 2 is 1.72 bits per heavy atom. The molecule has 3 aromatic rings. The van der Waals surface area contributed by atoms with Crippen molar-refractivity contribution in [1.82, 2.24) is 0 Å². The van der Waals surface area contributed by atoms with Crippen molar-refractivity contribution in [2.45, 2.75) is 26.3 Å². The summed E-state index contributed by atoms with van der Waals surface area (Å²) in [6.45, 7) is 4.97. The first-order valence-electron chi connectivity index (χ1n) is 8.27. The molecule has 4 heteroatoms. The molecular weight excluding hydrogens is 314 g/mol. The van der Waals surface area contributed by atoms with Crippen molar-refractivity contribution >= 4 is 22.4 Å². The number of phenols is 1. The average Bonchev–Trinajstić information content (AvgIpc) is 2.59. The van der Waals surface area contributed by atoms with E-state index in [1.807, 2.05) is 18.2 Å². The lowest BCUT2D eigenvalue weighted by Gasteiger charge is -2.10. The topological polar surface area (TPSA) is 69.6 Å². The molecule has 0 heterocycles. The fourth-order valence-electron chi connectivity index (χ4n) is 2.81. The van der Waals surface area contributed by atoms with Crippen LogP contribution in [0.15, 0.2) is 54.6 Å². The minimum absolute atomic E-state index is 0.0816. The van der Waals surface area contributed by atoms with Crippen molar-refractivity contribution < 1.29 is 15.0 Å². The van der Waals surface area contributed by atoms with Crippen molar-refractivity contribution in [3.8, 4) is 5.75 Å². The Balaban J connectivity index is 1.79. The Kier molecular flexibility index (Phi) is 4.61. The minimum atomic E-state index is -1.13. The van der Waals surface area contributed by atoms with Crippen LogP contribution in [-0.2, 0) is 6.54 Å². The van der Waals surface area contributed by atoms with Gasteiger partial charge in [-0.05, 0) is 58.1 Å². The summed E-state index contributed by atoms with van der Waals surface area (Å²) in [6.07, 6.45) is 0. The Hall–Kier alpha value is -3.01. The minimum Gasteiger partial charge on any atom is -0.507 e. The van der Waals surface area contributed by atoms with Gasteiger partial charge in [-0.15, -0.1) is 0 Å². The lowest BCUT2D eigenvalue weighted by atomic mass is 10.0. The van der Waals surface area contributed by atoms with Crippen molar-refractivity contribution in [3.05, 3.63) is 71.3 Å². The SMILES string of the molecule is CC(C)c1ccc(NCc2ccc3cc(O)c(C(=O)O)cc3c2)cc1. The number of carbonyl (C=O) groups is 1. The summed E-state index contributed by atoms with van der Waals surface area (Å²) in [5.74, 6) is -0.835. The van der Waals surface area contributed by atoms with E-state index in [4.69, 9.17) is 5.11 Å². The molecule has 25 heavy (non-hydrogen) atoms. The molecule has 0 radical (unpaired) electrons. The van der Waals surface area contributed by atoms with E-state index in [1.54, 1.807) is 0 Å². The maximum absolute atomic E-state index is 11.2. The van der Waals surface area contributed by atoms with Gasteiger partial charge in [-0.1, -0.05) is 38.1 Å². The lowest BCUT2D eigenvalue weighted by Crippen LogP contribution is -2.00. The molecule has 0 fully saturated rings. The van der Waals surface area contributed by atoms with Crippen LogP contribution in [0.5, 0.6) is 5.75 Å². The summed E-state index contributed by atoms with van der Waals surface area (Å²) in [4.78, 5) is 11.2. The second-order valence-electron chi connectivity index (χ2n) is 6.49. The van der Waals surface area contributed by atoms with E-state index < -0.39 is 5.97 Å². The average molecular weight is 335 g/mol. The standard InChI is InChI=1S/C21H21NO3/c1-13(2)15-5-7-18(8-6-15)22-12-14-3-4-16-11-20(23)19(21(24)25)10-17(16)9-14/h3-11,13,22-23H,12H2,1-2H3,(H,24,25). The largest absolute Gasteiger partial charge is 0.507 e. The summed E-state index contributed by atoms with van der Waals surface area (Å²) in [5, 5.41) is 23.9. The van der Waals surface area contributed by atoms with Gasteiger partial charge in [0, 0.05) is 12.2 Å². The van der Waals surface area contributed by atoms with E-state index in [-0.39, 0.29) is 11.3 Å². The van der Waals surface area contributed by atoms with Gasteiger partial charge in [0.2, 0.25) is 0 Å². The smallest absolute Gasteiger partial charge is 0.339 e. The normalized spacial score (nSPS) is 11.0. The number of aromatic hydroxyl groups is 1. The first kappa shape index (κ1) is 16.8. The van der Waals surface area contributed by atoms with E-state index in [9.17, 15) is 9.90 Å². The molecule has 0 aliphatic carbocycles. The molecule has 3 N–H and O–H groups in total. The van der Waals surface area contributed by atoms with Crippen LogP contribution in [0.2, 0.25) is 0 Å². The van der Waals surface area contributed by atoms with Gasteiger partial charge in [-0.3, -0.25) is 0 Å². The lowest BCUT2D eigenvalue weighted by molar-refractivity contribution is 0.0694. The van der Waals surface area contributed by atoms with E-state index in [2.05, 4.69) is 43.4 Å². The highest BCUT2D eigenvalue weighted by molar-refractivity contribution is 5.97. The van der Waals surface area contributed by atoms with Gasteiger partial charge < -0.3 is 15.5 Å². The number of benzene rings is 3. The number of aromatic carboxylic acids is 1. The zero-order valence-electron chi connectivity index (χ0n) is 14.3. The molecule has 0 aliphatic heterocycles. The first-order chi connectivity index (χ1) is 11.9. The van der Waals surface area contributed by atoms with E-state index in [0.29, 0.717) is 12.5 Å². The Bertz CT molecular complexity index is 914. The molecule has 3 aromatic carbocycles. The second kappa shape index (κ2) is 6.85. The van der Waals surface area contributed by atoms with Crippen molar-refractivity contribution in [2.75, 3.05) is 5.32 Å². The number of anilines is 1. The first-order valence-corrected chi connectivity index (χ1v) is 8.27. The fraction of sp³-hybridized carbons (Fsp3) is 0.190. The third-order valence-corrected chi connectivity index (χ3v) is 4.32. The number of nitrogens with one attached hydrogen (secondary N) is 1. The van der Waals surface area contributed by atoms with Crippen LogP contribution in [0.4, 0.5) is 5.69 Å². The van der Waals surface area contributed by atoms with Crippen molar-refractivity contribution in [1.29, 1.82) is 0 Å². The molecule has 0 saturated carbocycles. The van der Waals surface area contributed by atoms with E-state index in [0.717, 1.165) is 22.0 Å². The number of carboxylic acid groups (broad SMARTS) is 1.